The van der Waals surface area contributed by atoms with E-state index in [-0.39, 0.29) is 11.5 Å². The molecule has 0 radical (unpaired) electrons. The molecule has 1 heterocycles. The number of fused-ring (bicyclic) bond motifs is 3. The lowest BCUT2D eigenvalue weighted by molar-refractivity contribution is -0.384. The Morgan fingerprint density at radius 2 is 1.74 bits per heavy atom. The molecule has 6 heteroatoms. The SMILES string of the molecule is O=C1c2ccccc2-c2cnc(-c3cccc([N+](=O)[O-])c3)nc21. The van der Waals surface area contributed by atoms with E-state index in [1.54, 1.807) is 30.5 Å². The molecule has 1 aliphatic carbocycles. The average molecular weight is 303 g/mol. The summed E-state index contributed by atoms with van der Waals surface area (Å²) in [6, 6.07) is 13.3. The van der Waals surface area contributed by atoms with E-state index in [9.17, 15) is 14.9 Å². The summed E-state index contributed by atoms with van der Waals surface area (Å²) in [5, 5.41) is 10.9. The first-order chi connectivity index (χ1) is 11.1. The predicted octanol–water partition coefficient (Wildman–Crippen LogP) is 3.26. The van der Waals surface area contributed by atoms with Crippen LogP contribution in [0.15, 0.2) is 54.7 Å². The molecule has 0 fully saturated rings. The minimum Gasteiger partial charge on any atom is -0.287 e. The van der Waals surface area contributed by atoms with Gasteiger partial charge in [0.2, 0.25) is 5.78 Å². The van der Waals surface area contributed by atoms with Crippen LogP contribution in [0.25, 0.3) is 22.5 Å². The number of hydrogen-bond acceptors (Lipinski definition) is 5. The standard InChI is InChI=1S/C17H9N3O3/c21-16-13-7-2-1-6-12(13)14-9-18-17(19-15(14)16)10-4-3-5-11(8-10)20(22)23/h1-9H. The fraction of sp³-hybridized carbons (Fsp3) is 0. The van der Waals surface area contributed by atoms with Crippen LogP contribution in [-0.2, 0) is 0 Å². The molecule has 0 amide bonds. The first-order valence-corrected chi connectivity index (χ1v) is 6.91. The molecule has 0 unspecified atom stereocenters. The van der Waals surface area contributed by atoms with Crippen LogP contribution in [0.3, 0.4) is 0 Å². The van der Waals surface area contributed by atoms with E-state index < -0.39 is 4.92 Å². The number of ketones is 1. The molecule has 1 aliphatic rings. The number of nitro benzene ring substituents is 1. The Morgan fingerprint density at radius 1 is 0.957 bits per heavy atom. The zero-order valence-corrected chi connectivity index (χ0v) is 11.8. The first kappa shape index (κ1) is 13.3. The molecule has 0 saturated carbocycles. The minimum absolute atomic E-state index is 0.0405. The van der Waals surface area contributed by atoms with Crippen molar-refractivity contribution < 1.29 is 9.72 Å². The topological polar surface area (TPSA) is 86.0 Å². The Bertz CT molecular complexity index is 982. The van der Waals surface area contributed by atoms with Crippen LogP contribution in [0.1, 0.15) is 16.1 Å². The third kappa shape index (κ3) is 2.00. The quantitative estimate of drug-likeness (QED) is 0.419. The molecule has 0 spiro atoms. The molecule has 0 saturated heterocycles. The van der Waals surface area contributed by atoms with E-state index in [1.165, 1.54) is 12.1 Å². The number of non-ortho nitro benzene ring substituents is 1. The predicted molar refractivity (Wildman–Crippen MR) is 83.0 cm³/mol. The molecule has 4 rings (SSSR count). The zero-order chi connectivity index (χ0) is 16.0. The molecule has 6 nitrogen and oxygen atoms in total. The largest absolute Gasteiger partial charge is 0.287 e. The van der Waals surface area contributed by atoms with E-state index in [0.29, 0.717) is 28.2 Å². The number of benzene rings is 2. The molecule has 23 heavy (non-hydrogen) atoms. The van der Waals surface area contributed by atoms with Crippen molar-refractivity contribution >= 4 is 11.5 Å². The van der Waals surface area contributed by atoms with Crippen LogP contribution in [0.4, 0.5) is 5.69 Å². The fourth-order valence-corrected chi connectivity index (χ4v) is 2.69. The summed E-state index contributed by atoms with van der Waals surface area (Å²) in [5.41, 5.74) is 2.92. The van der Waals surface area contributed by atoms with Gasteiger partial charge in [-0.15, -0.1) is 0 Å². The Balaban J connectivity index is 1.85. The van der Waals surface area contributed by atoms with Crippen LogP contribution >= 0.6 is 0 Å². The van der Waals surface area contributed by atoms with Gasteiger partial charge in [-0.05, 0) is 5.56 Å². The van der Waals surface area contributed by atoms with E-state index in [4.69, 9.17) is 0 Å². The van der Waals surface area contributed by atoms with Crippen LogP contribution in [0.2, 0.25) is 0 Å². The molecule has 1 aromatic heterocycles. The number of aromatic nitrogens is 2. The number of nitro groups is 1. The highest BCUT2D eigenvalue weighted by Crippen LogP contribution is 2.35. The van der Waals surface area contributed by atoms with Gasteiger partial charge in [-0.1, -0.05) is 36.4 Å². The van der Waals surface area contributed by atoms with Crippen molar-refractivity contribution in [2.45, 2.75) is 0 Å². The highest BCUT2D eigenvalue weighted by Gasteiger charge is 2.28. The summed E-state index contributed by atoms with van der Waals surface area (Å²) in [5.74, 6) is 0.151. The number of carbonyl (C=O) groups is 1. The second kappa shape index (κ2) is 4.81. The second-order valence-corrected chi connectivity index (χ2v) is 5.14. The van der Waals surface area contributed by atoms with E-state index in [1.807, 2.05) is 12.1 Å². The fourth-order valence-electron chi connectivity index (χ4n) is 2.69. The highest BCUT2D eigenvalue weighted by molar-refractivity contribution is 6.20. The lowest BCUT2D eigenvalue weighted by Gasteiger charge is -2.03. The summed E-state index contributed by atoms with van der Waals surface area (Å²) in [6.07, 6.45) is 1.60. The maximum Gasteiger partial charge on any atom is 0.270 e. The van der Waals surface area contributed by atoms with Crippen molar-refractivity contribution in [3.8, 4) is 22.5 Å². The molecule has 110 valence electrons. The monoisotopic (exact) mass is 303 g/mol. The summed E-state index contributed by atoms with van der Waals surface area (Å²) >= 11 is 0. The van der Waals surface area contributed by atoms with Crippen molar-refractivity contribution in [3.63, 3.8) is 0 Å². The maximum atomic E-state index is 12.4. The van der Waals surface area contributed by atoms with Crippen LogP contribution in [0, 0.1) is 10.1 Å². The molecule has 0 aliphatic heterocycles. The summed E-state index contributed by atoms with van der Waals surface area (Å²) in [6.45, 7) is 0. The molecular weight excluding hydrogens is 294 g/mol. The Morgan fingerprint density at radius 3 is 2.52 bits per heavy atom. The number of rotatable bonds is 2. The van der Waals surface area contributed by atoms with Gasteiger partial charge in [0.15, 0.2) is 5.82 Å². The van der Waals surface area contributed by atoms with Gasteiger partial charge in [0, 0.05) is 35.0 Å². The molecule has 0 N–H and O–H groups in total. The zero-order valence-electron chi connectivity index (χ0n) is 11.8. The number of carbonyl (C=O) groups excluding carboxylic acids is 1. The maximum absolute atomic E-state index is 12.4. The lowest BCUT2D eigenvalue weighted by atomic mass is 10.1. The Kier molecular flexibility index (Phi) is 2.77. The van der Waals surface area contributed by atoms with Crippen molar-refractivity contribution in [1.82, 2.24) is 9.97 Å². The van der Waals surface area contributed by atoms with Crippen molar-refractivity contribution in [2.75, 3.05) is 0 Å². The van der Waals surface area contributed by atoms with Gasteiger partial charge < -0.3 is 0 Å². The van der Waals surface area contributed by atoms with Gasteiger partial charge in [0.1, 0.15) is 5.69 Å². The summed E-state index contributed by atoms with van der Waals surface area (Å²) in [7, 11) is 0. The van der Waals surface area contributed by atoms with Gasteiger partial charge in [0.05, 0.1) is 4.92 Å². The van der Waals surface area contributed by atoms with Crippen molar-refractivity contribution in [1.29, 1.82) is 0 Å². The molecule has 3 aromatic rings. The van der Waals surface area contributed by atoms with Gasteiger partial charge >= 0.3 is 0 Å². The molecule has 0 atom stereocenters. The van der Waals surface area contributed by atoms with Crippen LogP contribution < -0.4 is 0 Å². The third-order valence-electron chi connectivity index (χ3n) is 3.78. The van der Waals surface area contributed by atoms with Crippen LogP contribution in [0.5, 0.6) is 0 Å². The van der Waals surface area contributed by atoms with Crippen LogP contribution in [-0.4, -0.2) is 20.7 Å². The smallest absolute Gasteiger partial charge is 0.270 e. The second-order valence-electron chi connectivity index (χ2n) is 5.14. The Labute approximate surface area is 130 Å². The van der Waals surface area contributed by atoms with Crippen molar-refractivity contribution in [3.05, 3.63) is 76.1 Å². The number of nitrogens with zero attached hydrogens (tertiary/aromatic N) is 3. The average Bonchev–Trinajstić information content (AvgIpc) is 2.88. The molecule has 0 bridgehead atoms. The van der Waals surface area contributed by atoms with Crippen molar-refractivity contribution in [2.24, 2.45) is 0 Å². The normalized spacial score (nSPS) is 11.9. The van der Waals surface area contributed by atoms with E-state index in [0.717, 1.165) is 5.56 Å². The van der Waals surface area contributed by atoms with Gasteiger partial charge in [-0.3, -0.25) is 14.9 Å². The van der Waals surface area contributed by atoms with Gasteiger partial charge in [-0.25, -0.2) is 9.97 Å². The summed E-state index contributed by atoms with van der Waals surface area (Å²) < 4.78 is 0. The van der Waals surface area contributed by atoms with E-state index in [2.05, 4.69) is 9.97 Å². The minimum atomic E-state index is -0.474. The lowest BCUT2D eigenvalue weighted by Crippen LogP contribution is -2.01. The first-order valence-electron chi connectivity index (χ1n) is 6.91. The molecular formula is C17H9N3O3. The van der Waals surface area contributed by atoms with Gasteiger partial charge in [-0.2, -0.15) is 0 Å². The van der Waals surface area contributed by atoms with Gasteiger partial charge in [0.25, 0.3) is 5.69 Å². The number of hydrogen-bond donors (Lipinski definition) is 0. The third-order valence-corrected chi connectivity index (χ3v) is 3.78. The molecule has 2 aromatic carbocycles. The highest BCUT2D eigenvalue weighted by atomic mass is 16.6. The Hall–Kier alpha value is -3.41. The summed E-state index contributed by atoms with van der Waals surface area (Å²) in [4.78, 5) is 31.5. The van der Waals surface area contributed by atoms with E-state index >= 15 is 0 Å².